The van der Waals surface area contributed by atoms with Gasteiger partial charge in [0.2, 0.25) is 29.5 Å². The van der Waals surface area contributed by atoms with E-state index in [-0.39, 0.29) is 54.2 Å². The number of halogens is 1. The van der Waals surface area contributed by atoms with Crippen LogP contribution in [0.3, 0.4) is 0 Å². The third kappa shape index (κ3) is 15.1. The highest BCUT2D eigenvalue weighted by Gasteiger charge is 2.46. The van der Waals surface area contributed by atoms with Gasteiger partial charge in [-0.25, -0.2) is 34.0 Å². The van der Waals surface area contributed by atoms with Crippen LogP contribution in [-0.2, 0) is 19.2 Å². The average Bonchev–Trinajstić information content (AvgIpc) is 1.62. The van der Waals surface area contributed by atoms with Crippen molar-refractivity contribution >= 4 is 91.7 Å². The number of aromatic amines is 2. The van der Waals surface area contributed by atoms with E-state index < -0.39 is 9.49 Å². The van der Waals surface area contributed by atoms with E-state index in [1.807, 2.05) is 102 Å². The molecule has 3 fully saturated rings. The lowest BCUT2D eigenvalue weighted by Gasteiger charge is -2.41. The van der Waals surface area contributed by atoms with Gasteiger partial charge < -0.3 is 30.1 Å². The lowest BCUT2D eigenvalue weighted by Crippen LogP contribution is -2.56. The second kappa shape index (κ2) is 29.9. The average molecular weight is 1390 g/mol. The summed E-state index contributed by atoms with van der Waals surface area (Å²) < 4.78 is 19.7. The molecule has 0 bridgehead atoms. The number of hydrogen-bond acceptors (Lipinski definition) is 18. The highest BCUT2D eigenvalue weighted by atomic mass is 32.2. The van der Waals surface area contributed by atoms with Crippen LogP contribution in [0.1, 0.15) is 65.5 Å². The molecule has 3 saturated heterocycles. The number of ether oxygens (including phenoxy) is 1. The van der Waals surface area contributed by atoms with E-state index in [0.717, 1.165) is 73.4 Å². The number of anilines is 3. The van der Waals surface area contributed by atoms with Gasteiger partial charge in [-0.15, -0.1) is 23.5 Å². The molecule has 3 atom stereocenters. The van der Waals surface area contributed by atoms with Gasteiger partial charge in [-0.1, -0.05) is 30.3 Å². The molecule has 0 spiro atoms. The first-order valence-corrected chi connectivity index (χ1v) is 36.2. The summed E-state index contributed by atoms with van der Waals surface area (Å²) in [6.07, 6.45) is 16.9. The number of piperazine rings is 1. The van der Waals surface area contributed by atoms with Crippen LogP contribution in [0.2, 0.25) is 0 Å². The summed E-state index contributed by atoms with van der Waals surface area (Å²) in [5.74, 6) is 2.48. The van der Waals surface area contributed by atoms with Gasteiger partial charge >= 0.3 is 0 Å². The minimum Gasteiger partial charge on any atom is -0.475 e. The number of fused-ring (bicyclic) bond motifs is 2. The maximum atomic E-state index is 13.8. The van der Waals surface area contributed by atoms with Crippen LogP contribution >= 0.6 is 23.5 Å². The van der Waals surface area contributed by atoms with Crippen molar-refractivity contribution in [3.05, 3.63) is 164 Å². The number of H-pyrrole nitrogens is 2. The van der Waals surface area contributed by atoms with E-state index in [9.17, 15) is 23.6 Å². The second-order valence-corrected chi connectivity index (χ2v) is 28.7. The van der Waals surface area contributed by atoms with Gasteiger partial charge in [0, 0.05) is 146 Å². The van der Waals surface area contributed by atoms with Gasteiger partial charge in [0.1, 0.15) is 33.2 Å². The third-order valence-electron chi connectivity index (χ3n) is 19.0. The van der Waals surface area contributed by atoms with E-state index in [1.165, 1.54) is 29.5 Å². The normalized spacial score (nSPS) is 18.9. The molecule has 10 aromatic rings. The molecule has 4 amide bonds. The van der Waals surface area contributed by atoms with Crippen LogP contribution in [0.5, 0.6) is 5.88 Å². The highest BCUT2D eigenvalue weighted by Crippen LogP contribution is 2.39. The molecule has 516 valence electrons. The number of thioether (sulfide) groups is 2. The first-order valence-electron chi connectivity index (χ1n) is 33.7. The molecule has 6 aromatic heterocycles. The Hall–Kier alpha value is -9.89. The molecule has 4 aliphatic heterocycles. The largest absolute Gasteiger partial charge is 0.475 e. The molecule has 10 heterocycles. The third-order valence-corrected chi connectivity index (χ3v) is 21.6. The molecule has 14 rings (SSSR count). The van der Waals surface area contributed by atoms with Crippen LogP contribution in [-0.4, -0.2) is 204 Å². The van der Waals surface area contributed by atoms with Crippen molar-refractivity contribution in [2.75, 3.05) is 100 Å². The van der Waals surface area contributed by atoms with Gasteiger partial charge in [-0.05, 0) is 162 Å². The molecule has 0 aliphatic carbocycles. The number of carbonyl (C=O) groups excluding carboxylic acids is 4. The predicted molar refractivity (Wildman–Crippen MR) is 392 cm³/mol. The fourth-order valence-corrected chi connectivity index (χ4v) is 15.0. The van der Waals surface area contributed by atoms with E-state index >= 15 is 0 Å². The number of nitrogens with one attached hydrogen (secondary N) is 4. The molecule has 4 N–H and O–H groups in total. The Morgan fingerprint density at radius 3 is 1.78 bits per heavy atom. The number of amides is 4. The van der Waals surface area contributed by atoms with Crippen LogP contribution < -0.4 is 20.3 Å². The summed E-state index contributed by atoms with van der Waals surface area (Å²) in [7, 11) is 0. The quantitative estimate of drug-likeness (QED) is 0.0587. The predicted octanol–water partition coefficient (Wildman–Crippen LogP) is 11.0. The number of hydrogen-bond donors (Lipinski definition) is 4. The summed E-state index contributed by atoms with van der Waals surface area (Å²) in [6.45, 7) is 16.3. The maximum Gasteiger partial charge on any atom is 0.241 e. The van der Waals surface area contributed by atoms with Gasteiger partial charge in [0.05, 0.1) is 35.9 Å². The number of carbonyl (C=O) groups is 4. The number of pyridine rings is 2. The van der Waals surface area contributed by atoms with E-state index in [1.54, 1.807) is 61.1 Å². The van der Waals surface area contributed by atoms with Gasteiger partial charge in [0.25, 0.3) is 0 Å². The number of rotatable bonds is 19. The van der Waals surface area contributed by atoms with Crippen molar-refractivity contribution in [1.82, 2.24) is 74.7 Å². The first-order chi connectivity index (χ1) is 48.4. The summed E-state index contributed by atoms with van der Waals surface area (Å²) in [4.78, 5) is 86.9. The zero-order valence-electron chi connectivity index (χ0n) is 57.1. The van der Waals surface area contributed by atoms with Gasteiger partial charge in [0.15, 0.2) is 11.6 Å². The Labute approximate surface area is 588 Å². The number of nitrogens with zero attached hydrogens (tertiary/aromatic N) is 14. The number of likely N-dealkylation sites (tertiary alicyclic amines) is 2. The molecular weight excluding hydrogens is 1300 g/mol. The minimum absolute atomic E-state index is 0.0130. The Bertz CT molecular complexity index is 4590. The fraction of sp³-hybridized carbons (Fsp3) is 0.351. The van der Waals surface area contributed by atoms with E-state index in [4.69, 9.17) is 4.74 Å². The zero-order valence-corrected chi connectivity index (χ0v) is 58.7. The van der Waals surface area contributed by atoms with Crippen molar-refractivity contribution in [2.24, 2.45) is 0 Å². The Morgan fingerprint density at radius 2 is 1.23 bits per heavy atom. The number of benzene rings is 4. The Morgan fingerprint density at radius 1 is 0.640 bits per heavy atom. The van der Waals surface area contributed by atoms with Crippen molar-refractivity contribution < 1.29 is 28.3 Å². The van der Waals surface area contributed by atoms with E-state index in [0.29, 0.717) is 107 Å². The van der Waals surface area contributed by atoms with Crippen molar-refractivity contribution in [1.29, 1.82) is 0 Å². The molecule has 0 radical (unpaired) electrons. The van der Waals surface area contributed by atoms with Crippen molar-refractivity contribution in [3.63, 3.8) is 0 Å². The molecule has 26 heteroatoms. The smallest absolute Gasteiger partial charge is 0.241 e. The molecule has 1 unspecified atom stereocenters. The Balaban J connectivity index is 0.000000180. The SMILES string of the molecule is CS[C@@]1(C(=O)Nc2ccc3[nH]nc(-c4ccc(F)cc4)c3c2)CCN(CC(=O)N2CCN(c3ccc(-c4ncccn4)cn3)CC2C)C1.CS[C@@]1(C(=O)Nc2ccc3[nH]nc(-c4ccc(OC(C)C)nc4)c3c2)CCN(CC(=O)N2CC=C(c3ccc(-c4ncn(C(C)C)n4)cc3)CC2)C1. The standard InChI is InChI=1S/C39H45N9O3S.C35H36FN9O2S/c1-25(2)48-24-41-37(45-48)29-8-6-27(7-9-29)28-14-17-47(18-15-28)35(49)22-46-19-16-39(23-46,52-5)38(50)42-31-11-12-33-32(20-31)36(44-43-33)30-10-13-34(40-21-30)51-26(3)4;1-23-20-44(30-11-6-25(19-39-30)33-37-13-3-14-38-33)16-17-45(23)31(46)21-43-15-12-35(22-43,48-2)34(47)40-27-9-10-29-28(18-27)32(42-41-29)24-4-7-26(36)8-5-24/h6-14,20-21,24-26H,15-19,22-23H2,1-5H3,(H,42,50)(H,43,44);3-11,13-14,18-19,23H,12,15-17,20-22H2,1-2H3,(H,40,47)(H,41,42)/t39-;23?,35-/m00/s1. The van der Waals surface area contributed by atoms with Crippen LogP contribution in [0.15, 0.2) is 152 Å². The first kappa shape index (κ1) is 68.6. The topological polar surface area (TPSA) is 257 Å². The van der Waals surface area contributed by atoms with Crippen molar-refractivity contribution in [2.45, 2.75) is 81.6 Å². The lowest BCUT2D eigenvalue weighted by molar-refractivity contribution is -0.135. The highest BCUT2D eigenvalue weighted by molar-refractivity contribution is 8.01. The Kier molecular flexibility index (Phi) is 20.5. The molecule has 23 nitrogen and oxygen atoms in total. The monoisotopic (exact) mass is 1380 g/mol. The fourth-order valence-electron chi connectivity index (χ4n) is 13.3. The molecular formula is C74H81FN18O5S2. The van der Waals surface area contributed by atoms with Gasteiger partial charge in [-0.2, -0.15) is 15.3 Å². The minimum atomic E-state index is -0.682. The zero-order chi connectivity index (χ0) is 69.7. The summed E-state index contributed by atoms with van der Waals surface area (Å²) in [5.41, 5.74) is 10.3. The molecule has 4 aromatic carbocycles. The summed E-state index contributed by atoms with van der Waals surface area (Å²) in [6, 6.07) is 35.7. The molecule has 0 saturated carbocycles. The molecule has 4 aliphatic rings. The second-order valence-electron chi connectivity index (χ2n) is 26.3. The molecule has 100 heavy (non-hydrogen) atoms. The lowest BCUT2D eigenvalue weighted by atomic mass is 9.98. The van der Waals surface area contributed by atoms with Crippen LogP contribution in [0.4, 0.5) is 21.6 Å². The summed E-state index contributed by atoms with van der Waals surface area (Å²) >= 11 is 3.07. The van der Waals surface area contributed by atoms with Crippen LogP contribution in [0.25, 0.3) is 72.7 Å². The van der Waals surface area contributed by atoms with Crippen LogP contribution in [0, 0.1) is 5.82 Å². The van der Waals surface area contributed by atoms with E-state index in [2.05, 4.69) is 127 Å². The summed E-state index contributed by atoms with van der Waals surface area (Å²) in [5, 5.41) is 27.6. The number of aromatic nitrogens is 11. The van der Waals surface area contributed by atoms with Crippen molar-refractivity contribution in [3.8, 4) is 51.2 Å². The van der Waals surface area contributed by atoms with Gasteiger partial charge in [-0.3, -0.25) is 39.2 Å². The maximum absolute atomic E-state index is 13.8.